The molecular formula is C51H69N5O9. The first-order valence-electron chi connectivity index (χ1n) is 24.0. The highest BCUT2D eigenvalue weighted by Crippen LogP contribution is 2.67. The number of esters is 2. The Morgan fingerprint density at radius 1 is 1.00 bits per heavy atom. The number of H-pyrrole nitrogens is 1. The first-order chi connectivity index (χ1) is 31.1. The lowest BCUT2D eigenvalue weighted by Crippen LogP contribution is -2.82. The molecule has 14 heteroatoms. The van der Waals surface area contributed by atoms with Crippen LogP contribution in [0.3, 0.4) is 0 Å². The molecule has 6 heterocycles. The van der Waals surface area contributed by atoms with Crippen LogP contribution >= 0.6 is 0 Å². The minimum absolute atomic E-state index is 0.119. The summed E-state index contributed by atoms with van der Waals surface area (Å²) in [5.41, 5.74) is -2.10. The van der Waals surface area contributed by atoms with Gasteiger partial charge in [0.2, 0.25) is 0 Å². The zero-order chi connectivity index (χ0) is 46.4. The number of ether oxygens (including phenoxy) is 3. The number of methoxy groups -OCH3 is 2. The van der Waals surface area contributed by atoms with Gasteiger partial charge in [-0.05, 0) is 87.1 Å². The monoisotopic (exact) mass is 896 g/mol. The van der Waals surface area contributed by atoms with Crippen molar-refractivity contribution in [2.45, 2.75) is 126 Å². The molecule has 3 fully saturated rings. The Morgan fingerprint density at radius 3 is 2.46 bits per heavy atom. The molecule has 1 spiro atoms. The molecule has 1 saturated carbocycles. The van der Waals surface area contributed by atoms with E-state index in [9.17, 15) is 20.1 Å². The number of aliphatic hydroxyl groups excluding tert-OH is 1. The predicted molar refractivity (Wildman–Crippen MR) is 247 cm³/mol. The Bertz CT molecular complexity index is 2400. The summed E-state index contributed by atoms with van der Waals surface area (Å²) < 4.78 is 17.9. The molecule has 5 N–H and O–H groups in total. The fourth-order valence-electron chi connectivity index (χ4n) is 14.2. The lowest BCUT2D eigenvalue weighted by atomic mass is 9.47. The van der Waals surface area contributed by atoms with E-state index in [1.165, 1.54) is 7.11 Å². The van der Waals surface area contributed by atoms with Crippen LogP contribution in [0.5, 0.6) is 5.75 Å². The number of amides is 1. The Hall–Kier alpha value is -4.47. The maximum absolute atomic E-state index is 15.5. The number of likely N-dealkylation sites (N-methyl/N-ethyl adjacent to an activating group) is 1. The maximum Gasteiger partial charge on any atom is 0.328 e. The van der Waals surface area contributed by atoms with Gasteiger partial charge >= 0.3 is 11.9 Å². The number of rotatable bonds is 11. The van der Waals surface area contributed by atoms with Gasteiger partial charge in [0.1, 0.15) is 23.3 Å². The van der Waals surface area contributed by atoms with Gasteiger partial charge in [-0.15, -0.1) is 0 Å². The Morgan fingerprint density at radius 2 is 1.77 bits per heavy atom. The van der Waals surface area contributed by atoms with Crippen molar-refractivity contribution in [2.75, 3.05) is 65.5 Å². The van der Waals surface area contributed by atoms with Crippen LogP contribution in [0.2, 0.25) is 0 Å². The van der Waals surface area contributed by atoms with Gasteiger partial charge in [0.15, 0.2) is 5.60 Å². The van der Waals surface area contributed by atoms with Crippen molar-refractivity contribution >= 4 is 34.4 Å². The zero-order valence-corrected chi connectivity index (χ0v) is 39.4. The number of fused-ring (bicyclic) bond motifs is 6. The number of carbonyl (C=O) groups excluding carboxylic acids is 3. The lowest BCUT2D eigenvalue weighted by molar-refractivity contribution is -0.204. The molecule has 1 amide bonds. The first-order valence-corrected chi connectivity index (χ1v) is 24.0. The third-order valence-corrected chi connectivity index (χ3v) is 17.2. The highest BCUT2D eigenvalue weighted by molar-refractivity contribution is 5.96. The third-order valence-electron chi connectivity index (χ3n) is 17.2. The number of aliphatic hydroxyl groups is 3. The summed E-state index contributed by atoms with van der Waals surface area (Å²) in [5, 5.41) is 42.6. The van der Waals surface area contributed by atoms with E-state index in [-0.39, 0.29) is 24.5 Å². The standard InChI is InChI=1S/C51H69N5O9/c1-9-30(5)39(41(57)65-12-4)53-45(59)51(62)43-49(20-23-56-21-15-19-48(11-3,42(49)56)44(51)58)34-24-35(38(63-7)25-37(34)54(43)6)50(46(60)64-8)27-31-26-47(61,10-2)29-55(28-31)22-18-33-32-16-13-14-17-36(32)52-40(33)50/h13-17,19,24-25,30-31,39,42-44,52,58,61-62H,9-12,18,20-23,26-29H2,1-8H3,(H,53,59)/t30-,31+,39-,42-,43+,44+,47-,48+,49+,50-,51-/m0/s1. The van der Waals surface area contributed by atoms with Gasteiger partial charge in [0.05, 0.1) is 32.5 Å². The number of piperidine rings is 1. The highest BCUT2D eigenvalue weighted by Gasteiger charge is 2.79. The summed E-state index contributed by atoms with van der Waals surface area (Å²) in [6.45, 7) is 12.8. The van der Waals surface area contributed by atoms with Crippen molar-refractivity contribution in [1.82, 2.24) is 20.1 Å². The number of anilines is 1. The average molecular weight is 896 g/mol. The maximum atomic E-state index is 15.5. The molecule has 352 valence electrons. The lowest BCUT2D eigenvalue weighted by Gasteiger charge is -2.63. The van der Waals surface area contributed by atoms with Crippen LogP contribution in [0.4, 0.5) is 5.69 Å². The van der Waals surface area contributed by atoms with Crippen LogP contribution in [0.15, 0.2) is 48.6 Å². The Labute approximate surface area is 382 Å². The topological polar surface area (TPSA) is 177 Å². The molecule has 0 radical (unpaired) electrons. The summed E-state index contributed by atoms with van der Waals surface area (Å²) in [7, 11) is 4.88. The van der Waals surface area contributed by atoms with Crippen LogP contribution in [-0.2, 0) is 41.1 Å². The van der Waals surface area contributed by atoms with Crippen LogP contribution in [-0.4, -0.2) is 144 Å². The molecular weight excluding hydrogens is 827 g/mol. The normalized spacial score (nSPS) is 35.7. The number of aromatic nitrogens is 1. The summed E-state index contributed by atoms with van der Waals surface area (Å²) in [5.74, 6) is -1.89. The van der Waals surface area contributed by atoms with Gasteiger partial charge in [0, 0.05) is 84.0 Å². The summed E-state index contributed by atoms with van der Waals surface area (Å²) in [6.07, 6.45) is 5.98. The van der Waals surface area contributed by atoms with E-state index in [1.54, 1.807) is 14.0 Å². The first kappa shape index (κ1) is 45.7. The van der Waals surface area contributed by atoms with Gasteiger partial charge in [-0.2, -0.15) is 0 Å². The van der Waals surface area contributed by atoms with Crippen molar-refractivity contribution in [3.8, 4) is 5.75 Å². The number of hydrogen-bond acceptors (Lipinski definition) is 12. The van der Waals surface area contributed by atoms with Crippen molar-refractivity contribution in [3.63, 3.8) is 0 Å². The van der Waals surface area contributed by atoms with E-state index >= 15 is 9.59 Å². The van der Waals surface area contributed by atoms with E-state index in [0.29, 0.717) is 94.7 Å². The number of nitrogens with zero attached hydrogens (tertiary/aromatic N) is 3. The number of hydrogen-bond donors (Lipinski definition) is 5. The molecule has 2 aromatic carbocycles. The van der Waals surface area contributed by atoms with Crippen molar-refractivity contribution in [2.24, 2.45) is 17.3 Å². The number of para-hydroxylation sites is 1. The number of benzene rings is 2. The van der Waals surface area contributed by atoms with E-state index in [0.717, 1.165) is 27.7 Å². The number of nitrogens with one attached hydrogen (secondary N) is 2. The fourth-order valence-corrected chi connectivity index (χ4v) is 14.2. The third kappa shape index (κ3) is 6.32. The predicted octanol–water partition coefficient (Wildman–Crippen LogP) is 4.34. The highest BCUT2D eigenvalue weighted by atomic mass is 16.5. The molecule has 65 heavy (non-hydrogen) atoms. The van der Waals surface area contributed by atoms with E-state index in [2.05, 4.69) is 32.2 Å². The van der Waals surface area contributed by atoms with Gasteiger partial charge in [-0.1, -0.05) is 64.5 Å². The summed E-state index contributed by atoms with van der Waals surface area (Å²) in [4.78, 5) is 54.7. The minimum Gasteiger partial charge on any atom is -0.496 e. The second kappa shape index (κ2) is 16.4. The van der Waals surface area contributed by atoms with Gasteiger partial charge in [-0.3, -0.25) is 19.4 Å². The molecule has 1 aromatic heterocycles. The molecule has 1 aliphatic carbocycles. The molecule has 9 rings (SSSR count). The van der Waals surface area contributed by atoms with Gasteiger partial charge < -0.3 is 44.7 Å². The zero-order valence-electron chi connectivity index (χ0n) is 39.4. The summed E-state index contributed by atoms with van der Waals surface area (Å²) in [6, 6.07) is 9.73. The Kier molecular flexibility index (Phi) is 11.5. The van der Waals surface area contributed by atoms with Crippen LogP contribution in [0.25, 0.3) is 10.9 Å². The molecule has 12 atom stereocenters. The second-order valence-corrected chi connectivity index (χ2v) is 20.2. The van der Waals surface area contributed by atoms with Crippen LogP contribution < -0.4 is 15.0 Å². The largest absolute Gasteiger partial charge is 0.496 e. The second-order valence-electron chi connectivity index (χ2n) is 20.2. The summed E-state index contributed by atoms with van der Waals surface area (Å²) >= 11 is 0. The fraction of sp³-hybridized carbons (Fsp3) is 0.627. The molecule has 3 aromatic rings. The molecule has 1 unspecified atom stereocenters. The van der Waals surface area contributed by atoms with E-state index in [1.807, 2.05) is 76.1 Å². The van der Waals surface area contributed by atoms with Crippen molar-refractivity contribution in [1.29, 1.82) is 0 Å². The van der Waals surface area contributed by atoms with E-state index in [4.69, 9.17) is 14.2 Å². The smallest absolute Gasteiger partial charge is 0.328 e. The average Bonchev–Trinajstić information content (AvgIpc) is 3.97. The van der Waals surface area contributed by atoms with Crippen molar-refractivity contribution < 1.29 is 43.9 Å². The molecule has 2 bridgehead atoms. The molecule has 5 aliphatic heterocycles. The van der Waals surface area contributed by atoms with Crippen LogP contribution in [0, 0.1) is 17.3 Å². The van der Waals surface area contributed by atoms with Crippen LogP contribution in [0.1, 0.15) is 95.5 Å². The SMILES string of the molecule is CCOC(=O)[C@@H](NC(=O)[C@@]1(O)[C@H](O)[C@]2(CC)C=CCN3CC[C@@]4(c5cc([C@@]6(C(=O)OC)C[C@@H]7CN(CCc8c6[nH]c6ccccc86)C[C@](O)(CC)C7)c(OC)cc5N(C)[C@@H]14)[C@@H]32)[C@@H](C)CC. The van der Waals surface area contributed by atoms with E-state index < -0.39 is 63.5 Å². The quantitative estimate of drug-likeness (QED) is 0.136. The molecule has 14 nitrogen and oxygen atoms in total. The molecule has 6 aliphatic rings. The number of carbonyl (C=O) groups is 3. The number of aromatic amines is 1. The minimum atomic E-state index is -2.44. The Balaban J connectivity index is 1.31. The van der Waals surface area contributed by atoms with Crippen molar-refractivity contribution in [3.05, 3.63) is 70.9 Å². The van der Waals surface area contributed by atoms with Gasteiger partial charge in [-0.25, -0.2) is 4.79 Å². The van der Waals surface area contributed by atoms with Gasteiger partial charge in [0.25, 0.3) is 5.91 Å². The molecule has 2 saturated heterocycles.